The molecule has 4 heteroatoms. The lowest BCUT2D eigenvalue weighted by Gasteiger charge is -2.22. The zero-order chi connectivity index (χ0) is 13.1. The summed E-state index contributed by atoms with van der Waals surface area (Å²) in [6.07, 6.45) is 2.10. The van der Waals surface area contributed by atoms with Crippen LogP contribution >= 0.6 is 11.8 Å². The fraction of sp³-hybridized carbons (Fsp3) is 0.500. The number of benzene rings is 1. The normalized spacial score (nSPS) is 20.2. The van der Waals surface area contributed by atoms with Crippen LogP contribution in [0.15, 0.2) is 23.1 Å². The number of fused-ring (bicyclic) bond motifs is 1. The van der Waals surface area contributed by atoms with Crippen LogP contribution in [-0.4, -0.2) is 24.2 Å². The lowest BCUT2D eigenvalue weighted by molar-refractivity contribution is -0.115. The predicted molar refractivity (Wildman–Crippen MR) is 77.2 cm³/mol. The Labute approximate surface area is 113 Å². The Morgan fingerprint density at radius 3 is 2.94 bits per heavy atom. The molecule has 0 spiro atoms. The summed E-state index contributed by atoms with van der Waals surface area (Å²) in [5.41, 5.74) is 2.23. The number of likely N-dealkylation sites (N-methyl/N-ethyl adjacent to an activating group) is 1. The first-order chi connectivity index (χ1) is 8.63. The average Bonchev–Trinajstić information content (AvgIpc) is 2.37. The minimum absolute atomic E-state index is 0.00375. The molecule has 2 unspecified atom stereocenters. The molecule has 1 aliphatic rings. The zero-order valence-corrected chi connectivity index (χ0v) is 11.9. The number of nitrogens with one attached hydrogen (secondary N) is 2. The van der Waals surface area contributed by atoms with E-state index in [4.69, 9.17) is 0 Å². The molecule has 2 rings (SSSR count). The van der Waals surface area contributed by atoms with E-state index in [-0.39, 0.29) is 11.2 Å². The molecule has 0 radical (unpaired) electrons. The van der Waals surface area contributed by atoms with Crippen molar-refractivity contribution in [3.05, 3.63) is 23.8 Å². The smallest absolute Gasteiger partial charge is 0.237 e. The van der Waals surface area contributed by atoms with E-state index < -0.39 is 0 Å². The van der Waals surface area contributed by atoms with Gasteiger partial charge in [-0.25, -0.2) is 0 Å². The summed E-state index contributed by atoms with van der Waals surface area (Å²) in [6.45, 7) is 4.11. The Bertz CT molecular complexity index is 443. The fourth-order valence-corrected chi connectivity index (χ4v) is 3.05. The van der Waals surface area contributed by atoms with Crippen LogP contribution in [0.1, 0.15) is 25.8 Å². The Morgan fingerprint density at radius 1 is 1.50 bits per heavy atom. The highest BCUT2D eigenvalue weighted by Gasteiger charge is 2.23. The minimum atomic E-state index is 0.00375. The Hall–Kier alpha value is -1.000. The van der Waals surface area contributed by atoms with Gasteiger partial charge in [-0.1, -0.05) is 13.0 Å². The van der Waals surface area contributed by atoms with Gasteiger partial charge in [0.05, 0.1) is 10.9 Å². The number of hydrogen-bond acceptors (Lipinski definition) is 3. The maximum atomic E-state index is 11.7. The highest BCUT2D eigenvalue weighted by Crippen LogP contribution is 2.36. The molecule has 0 saturated carbocycles. The van der Waals surface area contributed by atoms with Crippen molar-refractivity contribution < 1.29 is 4.79 Å². The van der Waals surface area contributed by atoms with E-state index in [0.717, 1.165) is 18.5 Å². The molecule has 3 nitrogen and oxygen atoms in total. The summed E-state index contributed by atoms with van der Waals surface area (Å²) in [5, 5.41) is 6.29. The molecule has 0 fully saturated rings. The van der Waals surface area contributed by atoms with Gasteiger partial charge in [0.15, 0.2) is 0 Å². The van der Waals surface area contributed by atoms with E-state index >= 15 is 0 Å². The summed E-state index contributed by atoms with van der Waals surface area (Å²) in [4.78, 5) is 12.8. The molecule has 0 aliphatic carbocycles. The Balaban J connectivity index is 2.17. The molecule has 1 amide bonds. The summed E-state index contributed by atoms with van der Waals surface area (Å²) >= 11 is 1.63. The number of rotatable bonds is 4. The van der Waals surface area contributed by atoms with Crippen molar-refractivity contribution in [1.82, 2.24) is 5.32 Å². The van der Waals surface area contributed by atoms with Gasteiger partial charge in [0.25, 0.3) is 0 Å². The molecule has 98 valence electrons. The van der Waals surface area contributed by atoms with Crippen LogP contribution in [0.5, 0.6) is 0 Å². The summed E-state index contributed by atoms with van der Waals surface area (Å²) < 4.78 is 0. The molecular weight excluding hydrogens is 244 g/mol. The summed E-state index contributed by atoms with van der Waals surface area (Å²) in [7, 11) is 1.99. The van der Waals surface area contributed by atoms with Gasteiger partial charge >= 0.3 is 0 Å². The zero-order valence-electron chi connectivity index (χ0n) is 11.1. The van der Waals surface area contributed by atoms with Crippen molar-refractivity contribution >= 4 is 23.4 Å². The van der Waals surface area contributed by atoms with Gasteiger partial charge in [0.2, 0.25) is 5.91 Å². The van der Waals surface area contributed by atoms with Crippen molar-refractivity contribution in [1.29, 1.82) is 0 Å². The maximum absolute atomic E-state index is 11.7. The van der Waals surface area contributed by atoms with E-state index in [1.165, 1.54) is 10.5 Å². The van der Waals surface area contributed by atoms with Crippen LogP contribution in [0.2, 0.25) is 0 Å². The van der Waals surface area contributed by atoms with Crippen molar-refractivity contribution in [3.63, 3.8) is 0 Å². The first kappa shape index (κ1) is 13.4. The molecule has 0 saturated heterocycles. The SMILES string of the molecule is CCC(Cc1ccc2c(c1)NC(=O)C(C)S2)NC. The number of carbonyl (C=O) groups excluding carboxylic acids is 1. The molecule has 18 heavy (non-hydrogen) atoms. The highest BCUT2D eigenvalue weighted by atomic mass is 32.2. The second kappa shape index (κ2) is 5.76. The van der Waals surface area contributed by atoms with Crippen LogP contribution in [0.3, 0.4) is 0 Å². The molecule has 2 N–H and O–H groups in total. The van der Waals surface area contributed by atoms with Crippen LogP contribution in [0, 0.1) is 0 Å². The van der Waals surface area contributed by atoms with E-state index in [1.54, 1.807) is 11.8 Å². The monoisotopic (exact) mass is 264 g/mol. The quantitative estimate of drug-likeness (QED) is 0.878. The molecule has 0 bridgehead atoms. The molecule has 1 aliphatic heterocycles. The Kier molecular flexibility index (Phi) is 4.30. The van der Waals surface area contributed by atoms with Gasteiger partial charge in [-0.05, 0) is 44.5 Å². The van der Waals surface area contributed by atoms with Crippen LogP contribution in [-0.2, 0) is 11.2 Å². The third kappa shape index (κ3) is 2.87. The Morgan fingerprint density at radius 2 is 2.28 bits per heavy atom. The van der Waals surface area contributed by atoms with E-state index in [1.807, 2.05) is 14.0 Å². The highest BCUT2D eigenvalue weighted by molar-refractivity contribution is 8.00. The van der Waals surface area contributed by atoms with Gasteiger partial charge in [-0.3, -0.25) is 4.79 Å². The van der Waals surface area contributed by atoms with Crippen molar-refractivity contribution in [2.75, 3.05) is 12.4 Å². The fourth-order valence-electron chi connectivity index (χ4n) is 2.12. The standard InChI is InChI=1S/C14H20N2OS/c1-4-11(15-3)7-10-5-6-13-12(8-10)16-14(17)9(2)18-13/h5-6,8-9,11,15H,4,7H2,1-3H3,(H,16,17). The second-order valence-electron chi connectivity index (χ2n) is 4.68. The van der Waals surface area contributed by atoms with Gasteiger partial charge in [-0.2, -0.15) is 0 Å². The molecule has 1 aromatic rings. The maximum Gasteiger partial charge on any atom is 0.237 e. The third-order valence-corrected chi connectivity index (χ3v) is 4.54. The van der Waals surface area contributed by atoms with Gasteiger partial charge in [0.1, 0.15) is 0 Å². The first-order valence-electron chi connectivity index (χ1n) is 6.41. The largest absolute Gasteiger partial charge is 0.324 e. The number of carbonyl (C=O) groups is 1. The lowest BCUT2D eigenvalue weighted by Crippen LogP contribution is -2.28. The molecular formula is C14H20N2OS. The van der Waals surface area contributed by atoms with Crippen molar-refractivity contribution in [2.45, 2.75) is 42.9 Å². The molecule has 1 heterocycles. The van der Waals surface area contributed by atoms with E-state index in [9.17, 15) is 4.79 Å². The van der Waals surface area contributed by atoms with E-state index in [2.05, 4.69) is 35.8 Å². The summed E-state index contributed by atoms with van der Waals surface area (Å²) in [5.74, 6) is 0.102. The topological polar surface area (TPSA) is 41.1 Å². The summed E-state index contributed by atoms with van der Waals surface area (Å²) in [6, 6.07) is 6.88. The number of thioether (sulfide) groups is 1. The third-order valence-electron chi connectivity index (χ3n) is 3.36. The van der Waals surface area contributed by atoms with Crippen molar-refractivity contribution in [2.24, 2.45) is 0 Å². The molecule has 1 aromatic carbocycles. The number of anilines is 1. The number of hydrogen-bond donors (Lipinski definition) is 2. The minimum Gasteiger partial charge on any atom is -0.324 e. The second-order valence-corrected chi connectivity index (χ2v) is 6.06. The van der Waals surface area contributed by atoms with Gasteiger partial charge < -0.3 is 10.6 Å². The van der Waals surface area contributed by atoms with Crippen molar-refractivity contribution in [3.8, 4) is 0 Å². The molecule has 0 aromatic heterocycles. The lowest BCUT2D eigenvalue weighted by atomic mass is 10.0. The van der Waals surface area contributed by atoms with Crippen LogP contribution in [0.25, 0.3) is 0 Å². The van der Waals surface area contributed by atoms with Gasteiger partial charge in [-0.15, -0.1) is 11.8 Å². The average molecular weight is 264 g/mol. The predicted octanol–water partition coefficient (Wildman–Crippen LogP) is 2.66. The first-order valence-corrected chi connectivity index (χ1v) is 7.29. The number of amides is 1. The van der Waals surface area contributed by atoms with E-state index in [0.29, 0.717) is 6.04 Å². The van der Waals surface area contributed by atoms with Gasteiger partial charge in [0, 0.05) is 10.9 Å². The van der Waals surface area contributed by atoms with Crippen LogP contribution in [0.4, 0.5) is 5.69 Å². The van der Waals surface area contributed by atoms with Crippen LogP contribution < -0.4 is 10.6 Å². The molecule has 2 atom stereocenters.